The van der Waals surface area contributed by atoms with E-state index in [1.807, 2.05) is 31.2 Å². The van der Waals surface area contributed by atoms with Crippen molar-refractivity contribution in [3.8, 4) is 5.75 Å². The number of nitrogens with zero attached hydrogens (tertiary/aromatic N) is 2. The molecule has 2 aromatic carbocycles. The van der Waals surface area contributed by atoms with Crippen LogP contribution in [0.25, 0.3) is 0 Å². The maximum atomic E-state index is 12.4. The van der Waals surface area contributed by atoms with Crippen molar-refractivity contribution >= 4 is 17.8 Å². The van der Waals surface area contributed by atoms with Gasteiger partial charge in [0.05, 0.1) is 24.8 Å². The Hall–Kier alpha value is -3.35. The minimum absolute atomic E-state index is 0.199. The number of amides is 2. The first-order chi connectivity index (χ1) is 14.7. The third-order valence-corrected chi connectivity index (χ3v) is 4.92. The van der Waals surface area contributed by atoms with E-state index >= 15 is 0 Å². The third-order valence-electron chi connectivity index (χ3n) is 4.92. The van der Waals surface area contributed by atoms with Gasteiger partial charge in [0.1, 0.15) is 5.75 Å². The SMILES string of the molecule is CCNC(=NCc1ccccc1OC)NCCCCN1C(=O)c2ccccc2C1=O. The van der Waals surface area contributed by atoms with Crippen LogP contribution in [0.3, 0.4) is 0 Å². The van der Waals surface area contributed by atoms with Crippen LogP contribution in [0.4, 0.5) is 0 Å². The van der Waals surface area contributed by atoms with Gasteiger partial charge in [0.25, 0.3) is 11.8 Å². The Morgan fingerprint density at radius 3 is 2.30 bits per heavy atom. The molecule has 1 aliphatic rings. The number of carbonyl (C=O) groups excluding carboxylic acids is 2. The summed E-state index contributed by atoms with van der Waals surface area (Å²) in [5, 5.41) is 6.53. The highest BCUT2D eigenvalue weighted by Gasteiger charge is 2.34. The van der Waals surface area contributed by atoms with Crippen molar-refractivity contribution in [1.82, 2.24) is 15.5 Å². The molecule has 0 saturated carbocycles. The van der Waals surface area contributed by atoms with Gasteiger partial charge in [-0.05, 0) is 38.0 Å². The van der Waals surface area contributed by atoms with Crippen LogP contribution < -0.4 is 15.4 Å². The fourth-order valence-electron chi connectivity index (χ4n) is 3.38. The number of fused-ring (bicyclic) bond motifs is 1. The van der Waals surface area contributed by atoms with Gasteiger partial charge in [0.2, 0.25) is 0 Å². The molecule has 0 spiro atoms. The number of imide groups is 1. The second kappa shape index (κ2) is 10.4. The Labute approximate surface area is 177 Å². The summed E-state index contributed by atoms with van der Waals surface area (Å²) in [5.41, 5.74) is 2.01. The molecule has 0 aliphatic carbocycles. The van der Waals surface area contributed by atoms with E-state index in [2.05, 4.69) is 15.6 Å². The molecule has 2 aromatic rings. The fourth-order valence-corrected chi connectivity index (χ4v) is 3.38. The molecule has 0 atom stereocenters. The van der Waals surface area contributed by atoms with Crippen LogP contribution in [-0.4, -0.2) is 49.4 Å². The second-order valence-electron chi connectivity index (χ2n) is 6.95. The van der Waals surface area contributed by atoms with Gasteiger partial charge in [-0.25, -0.2) is 4.99 Å². The molecule has 0 bridgehead atoms. The van der Waals surface area contributed by atoms with E-state index in [1.165, 1.54) is 4.90 Å². The lowest BCUT2D eigenvalue weighted by atomic mass is 10.1. The Balaban J connectivity index is 1.46. The molecule has 0 fully saturated rings. The summed E-state index contributed by atoms with van der Waals surface area (Å²) in [6, 6.07) is 14.8. The lowest BCUT2D eigenvalue weighted by Crippen LogP contribution is -2.38. The van der Waals surface area contributed by atoms with E-state index in [4.69, 9.17) is 4.74 Å². The zero-order chi connectivity index (χ0) is 21.3. The second-order valence-corrected chi connectivity index (χ2v) is 6.95. The first-order valence-electron chi connectivity index (χ1n) is 10.2. The zero-order valence-electron chi connectivity index (χ0n) is 17.5. The number of rotatable bonds is 9. The topological polar surface area (TPSA) is 83.0 Å². The molecular formula is C23H28N4O3. The molecule has 3 rings (SSSR count). The van der Waals surface area contributed by atoms with Gasteiger partial charge in [0, 0.05) is 25.2 Å². The van der Waals surface area contributed by atoms with Crippen LogP contribution in [0.5, 0.6) is 5.75 Å². The molecule has 0 aromatic heterocycles. The molecule has 2 N–H and O–H groups in total. The number of methoxy groups -OCH3 is 1. The Bertz CT molecular complexity index is 891. The highest BCUT2D eigenvalue weighted by atomic mass is 16.5. The van der Waals surface area contributed by atoms with Gasteiger partial charge in [0.15, 0.2) is 5.96 Å². The molecule has 1 heterocycles. The lowest BCUT2D eigenvalue weighted by Gasteiger charge is -2.15. The van der Waals surface area contributed by atoms with Crippen molar-refractivity contribution < 1.29 is 14.3 Å². The number of aliphatic imine (C=N–C) groups is 1. The fraction of sp³-hybridized carbons (Fsp3) is 0.348. The molecule has 1 aliphatic heterocycles. The van der Waals surface area contributed by atoms with Crippen molar-refractivity contribution in [3.05, 3.63) is 65.2 Å². The van der Waals surface area contributed by atoms with Gasteiger partial charge in [-0.3, -0.25) is 14.5 Å². The summed E-state index contributed by atoms with van der Waals surface area (Å²) < 4.78 is 5.37. The number of hydrogen-bond donors (Lipinski definition) is 2. The number of benzene rings is 2. The van der Waals surface area contributed by atoms with Gasteiger partial charge in [-0.15, -0.1) is 0 Å². The van der Waals surface area contributed by atoms with Crippen molar-refractivity contribution in [2.45, 2.75) is 26.3 Å². The van der Waals surface area contributed by atoms with Gasteiger partial charge < -0.3 is 15.4 Å². The van der Waals surface area contributed by atoms with Crippen LogP contribution in [0.2, 0.25) is 0 Å². The van der Waals surface area contributed by atoms with Gasteiger partial charge in [-0.1, -0.05) is 30.3 Å². The number of para-hydroxylation sites is 1. The monoisotopic (exact) mass is 408 g/mol. The van der Waals surface area contributed by atoms with E-state index in [0.29, 0.717) is 30.8 Å². The number of nitrogens with one attached hydrogen (secondary N) is 2. The smallest absolute Gasteiger partial charge is 0.261 e. The molecule has 7 nitrogen and oxygen atoms in total. The maximum absolute atomic E-state index is 12.4. The minimum Gasteiger partial charge on any atom is -0.496 e. The lowest BCUT2D eigenvalue weighted by molar-refractivity contribution is 0.0652. The van der Waals surface area contributed by atoms with Gasteiger partial charge in [-0.2, -0.15) is 0 Å². The first-order valence-corrected chi connectivity index (χ1v) is 10.2. The van der Waals surface area contributed by atoms with Crippen LogP contribution in [0.15, 0.2) is 53.5 Å². The number of ether oxygens (including phenoxy) is 1. The van der Waals surface area contributed by atoms with Crippen LogP contribution in [0.1, 0.15) is 46.0 Å². The Morgan fingerprint density at radius 2 is 1.63 bits per heavy atom. The molecular weight excluding hydrogens is 380 g/mol. The highest BCUT2D eigenvalue weighted by Crippen LogP contribution is 2.22. The normalized spacial score (nSPS) is 13.4. The van der Waals surface area contributed by atoms with E-state index in [0.717, 1.165) is 36.7 Å². The van der Waals surface area contributed by atoms with Crippen molar-refractivity contribution in [1.29, 1.82) is 0 Å². The molecule has 30 heavy (non-hydrogen) atoms. The van der Waals surface area contributed by atoms with Crippen LogP contribution in [0, 0.1) is 0 Å². The Kier molecular flexibility index (Phi) is 7.43. The minimum atomic E-state index is -0.199. The van der Waals surface area contributed by atoms with E-state index in [-0.39, 0.29) is 11.8 Å². The first kappa shape index (κ1) is 21.4. The van der Waals surface area contributed by atoms with E-state index < -0.39 is 0 Å². The average molecular weight is 409 g/mol. The number of hydrogen-bond acceptors (Lipinski definition) is 4. The quantitative estimate of drug-likeness (QED) is 0.289. The number of guanidine groups is 1. The molecule has 0 unspecified atom stereocenters. The largest absolute Gasteiger partial charge is 0.496 e. The third kappa shape index (κ3) is 4.97. The Morgan fingerprint density at radius 1 is 0.967 bits per heavy atom. The average Bonchev–Trinajstić information content (AvgIpc) is 3.02. The zero-order valence-corrected chi connectivity index (χ0v) is 17.5. The predicted octanol–water partition coefficient (Wildman–Crippen LogP) is 2.83. The number of unbranched alkanes of at least 4 members (excludes halogenated alkanes) is 1. The summed E-state index contributed by atoms with van der Waals surface area (Å²) in [5.74, 6) is 1.15. The summed E-state index contributed by atoms with van der Waals surface area (Å²) in [6.07, 6.45) is 1.54. The highest BCUT2D eigenvalue weighted by molar-refractivity contribution is 6.21. The summed E-state index contributed by atoms with van der Waals surface area (Å²) in [7, 11) is 1.65. The number of carbonyl (C=O) groups is 2. The molecule has 0 saturated heterocycles. The van der Waals surface area contributed by atoms with Crippen molar-refractivity contribution in [2.24, 2.45) is 4.99 Å². The molecule has 7 heteroatoms. The summed E-state index contributed by atoms with van der Waals surface area (Å²) >= 11 is 0. The van der Waals surface area contributed by atoms with E-state index in [9.17, 15) is 9.59 Å². The van der Waals surface area contributed by atoms with Gasteiger partial charge >= 0.3 is 0 Å². The maximum Gasteiger partial charge on any atom is 0.261 e. The standard InChI is InChI=1S/C23H28N4O3/c1-3-24-23(26-16-17-10-4-7-13-20(17)30-2)25-14-8-9-15-27-21(28)18-11-5-6-12-19(18)22(27)29/h4-7,10-13H,3,8-9,14-16H2,1-2H3,(H2,24,25,26). The molecule has 0 radical (unpaired) electrons. The predicted molar refractivity (Wildman–Crippen MR) is 117 cm³/mol. The molecule has 158 valence electrons. The van der Waals surface area contributed by atoms with E-state index in [1.54, 1.807) is 31.4 Å². The van der Waals surface area contributed by atoms with Crippen LogP contribution in [-0.2, 0) is 6.54 Å². The van der Waals surface area contributed by atoms with Crippen LogP contribution >= 0.6 is 0 Å². The molecule has 2 amide bonds. The summed E-state index contributed by atoms with van der Waals surface area (Å²) in [4.78, 5) is 30.7. The summed E-state index contributed by atoms with van der Waals surface area (Å²) in [6.45, 7) is 4.40. The van der Waals surface area contributed by atoms with Crippen molar-refractivity contribution in [3.63, 3.8) is 0 Å². The van der Waals surface area contributed by atoms with Crippen molar-refractivity contribution in [2.75, 3.05) is 26.7 Å².